The van der Waals surface area contributed by atoms with Gasteiger partial charge in [-0.3, -0.25) is 9.59 Å². The molecule has 1 rings (SSSR count). The average molecular weight is 213 g/mol. The van der Waals surface area contributed by atoms with E-state index < -0.39 is 0 Å². The van der Waals surface area contributed by atoms with Gasteiger partial charge in [-0.1, -0.05) is 6.92 Å². The maximum absolute atomic E-state index is 11.7. The van der Waals surface area contributed by atoms with Gasteiger partial charge in [0.1, 0.15) is 6.42 Å². The van der Waals surface area contributed by atoms with E-state index in [1.54, 1.807) is 16.8 Å². The number of hydrogen-bond acceptors (Lipinski definition) is 3. The number of nitrogens with two attached hydrogens (primary N) is 1. The van der Waals surface area contributed by atoms with Crippen LogP contribution in [0, 0.1) is 5.92 Å². The van der Waals surface area contributed by atoms with Gasteiger partial charge in [0.25, 0.3) is 0 Å². The largest absolute Gasteiger partial charge is 0.344 e. The van der Waals surface area contributed by atoms with Crippen LogP contribution in [0.3, 0.4) is 0 Å². The maximum atomic E-state index is 11.7. The van der Waals surface area contributed by atoms with Crippen molar-refractivity contribution in [2.45, 2.75) is 13.3 Å². The van der Waals surface area contributed by atoms with E-state index in [2.05, 4.69) is 0 Å². The van der Waals surface area contributed by atoms with Crippen molar-refractivity contribution < 1.29 is 9.59 Å². The van der Waals surface area contributed by atoms with E-state index in [-0.39, 0.29) is 24.2 Å². The van der Waals surface area contributed by atoms with Crippen molar-refractivity contribution in [3.05, 3.63) is 0 Å². The summed E-state index contributed by atoms with van der Waals surface area (Å²) in [5.41, 5.74) is 5.51. The Kier molecular flexibility index (Phi) is 4.08. The van der Waals surface area contributed by atoms with Gasteiger partial charge < -0.3 is 15.5 Å². The zero-order valence-corrected chi connectivity index (χ0v) is 9.40. The topological polar surface area (TPSA) is 66.6 Å². The van der Waals surface area contributed by atoms with Crippen molar-refractivity contribution in [1.29, 1.82) is 0 Å². The first-order chi connectivity index (χ1) is 7.04. The number of likely N-dealkylation sites (N-methyl/N-ethyl adjacent to an activating group) is 1. The van der Waals surface area contributed by atoms with Gasteiger partial charge in [0, 0.05) is 26.7 Å². The van der Waals surface area contributed by atoms with Crippen LogP contribution in [0.5, 0.6) is 0 Å². The highest BCUT2D eigenvalue weighted by molar-refractivity contribution is 5.97. The van der Waals surface area contributed by atoms with Crippen LogP contribution in [0.2, 0.25) is 0 Å². The summed E-state index contributed by atoms with van der Waals surface area (Å²) in [6, 6.07) is 0. The fourth-order valence-electron chi connectivity index (χ4n) is 1.54. The quantitative estimate of drug-likeness (QED) is 0.629. The fraction of sp³-hybridized carbons (Fsp3) is 0.800. The van der Waals surface area contributed by atoms with Gasteiger partial charge >= 0.3 is 0 Å². The van der Waals surface area contributed by atoms with Crippen LogP contribution in [0.15, 0.2) is 0 Å². The SMILES string of the molecule is CC(CN)CN1CCN(C)C(=O)CC1=O. The number of carbonyl (C=O) groups is 2. The van der Waals surface area contributed by atoms with Crippen molar-refractivity contribution in [3.63, 3.8) is 0 Å². The van der Waals surface area contributed by atoms with Crippen LogP contribution in [-0.2, 0) is 9.59 Å². The highest BCUT2D eigenvalue weighted by atomic mass is 16.2. The van der Waals surface area contributed by atoms with Crippen LogP contribution in [0.25, 0.3) is 0 Å². The lowest BCUT2D eigenvalue weighted by atomic mass is 10.1. The fourth-order valence-corrected chi connectivity index (χ4v) is 1.54. The smallest absolute Gasteiger partial charge is 0.232 e. The van der Waals surface area contributed by atoms with Crippen molar-refractivity contribution in [2.75, 3.05) is 33.2 Å². The van der Waals surface area contributed by atoms with E-state index in [0.717, 1.165) is 0 Å². The Morgan fingerprint density at radius 3 is 2.60 bits per heavy atom. The summed E-state index contributed by atoms with van der Waals surface area (Å²) in [6.07, 6.45) is -0.00616. The molecule has 0 radical (unpaired) electrons. The van der Waals surface area contributed by atoms with Crippen LogP contribution in [-0.4, -0.2) is 54.8 Å². The summed E-state index contributed by atoms with van der Waals surface area (Å²) < 4.78 is 0. The molecule has 0 bridgehead atoms. The minimum Gasteiger partial charge on any atom is -0.344 e. The molecule has 1 saturated heterocycles. The molecule has 1 aliphatic rings. The van der Waals surface area contributed by atoms with Crippen LogP contribution in [0.1, 0.15) is 13.3 Å². The number of carbonyl (C=O) groups excluding carboxylic acids is 2. The molecule has 0 aromatic rings. The van der Waals surface area contributed by atoms with Gasteiger partial charge in [-0.25, -0.2) is 0 Å². The maximum Gasteiger partial charge on any atom is 0.232 e. The van der Waals surface area contributed by atoms with Gasteiger partial charge in [0.05, 0.1) is 0 Å². The molecule has 0 aliphatic carbocycles. The van der Waals surface area contributed by atoms with Crippen molar-refractivity contribution in [2.24, 2.45) is 11.7 Å². The molecule has 86 valence electrons. The third-order valence-corrected chi connectivity index (χ3v) is 2.72. The molecule has 5 nitrogen and oxygen atoms in total. The molecule has 1 heterocycles. The molecule has 0 saturated carbocycles. The summed E-state index contributed by atoms with van der Waals surface area (Å²) in [6.45, 7) is 4.45. The molecule has 0 spiro atoms. The van der Waals surface area contributed by atoms with Gasteiger partial charge in [-0.05, 0) is 12.5 Å². The average Bonchev–Trinajstić information content (AvgIpc) is 2.32. The third-order valence-electron chi connectivity index (χ3n) is 2.72. The van der Waals surface area contributed by atoms with E-state index in [1.807, 2.05) is 6.92 Å². The predicted molar refractivity (Wildman–Crippen MR) is 57.1 cm³/mol. The molecule has 1 unspecified atom stereocenters. The summed E-state index contributed by atoms with van der Waals surface area (Å²) in [4.78, 5) is 26.4. The second kappa shape index (κ2) is 5.11. The number of hydrogen-bond donors (Lipinski definition) is 1. The molecule has 0 aromatic carbocycles. The Bertz CT molecular complexity index is 255. The molecule has 1 aliphatic heterocycles. The summed E-state index contributed by atoms with van der Waals surface area (Å²) >= 11 is 0. The van der Waals surface area contributed by atoms with Gasteiger partial charge in [-0.15, -0.1) is 0 Å². The van der Waals surface area contributed by atoms with Gasteiger partial charge in [0.15, 0.2) is 0 Å². The lowest BCUT2D eigenvalue weighted by molar-refractivity contribution is -0.136. The lowest BCUT2D eigenvalue weighted by Gasteiger charge is -2.23. The Labute approximate surface area is 90.2 Å². The van der Waals surface area contributed by atoms with E-state index in [9.17, 15) is 9.59 Å². The molecule has 15 heavy (non-hydrogen) atoms. The van der Waals surface area contributed by atoms with Crippen molar-refractivity contribution >= 4 is 11.8 Å². The third kappa shape index (κ3) is 3.20. The first-order valence-electron chi connectivity index (χ1n) is 5.26. The highest BCUT2D eigenvalue weighted by Crippen LogP contribution is 2.07. The van der Waals surface area contributed by atoms with Crippen molar-refractivity contribution in [3.8, 4) is 0 Å². The minimum absolute atomic E-state index is 0.00616. The first-order valence-corrected chi connectivity index (χ1v) is 5.26. The molecular formula is C10H19N3O2. The molecule has 1 fully saturated rings. The zero-order chi connectivity index (χ0) is 11.4. The Balaban J connectivity index is 2.58. The molecule has 2 amide bonds. The summed E-state index contributed by atoms with van der Waals surface area (Å²) in [5.74, 6) is 0.111. The highest BCUT2D eigenvalue weighted by Gasteiger charge is 2.24. The van der Waals surface area contributed by atoms with Crippen LogP contribution < -0.4 is 5.73 Å². The van der Waals surface area contributed by atoms with Crippen molar-refractivity contribution in [1.82, 2.24) is 9.80 Å². The summed E-state index contributed by atoms with van der Waals surface area (Å²) in [5, 5.41) is 0. The molecule has 2 N–H and O–H groups in total. The molecule has 5 heteroatoms. The number of amides is 2. The molecular weight excluding hydrogens is 194 g/mol. The Morgan fingerprint density at radius 1 is 1.33 bits per heavy atom. The Hall–Kier alpha value is -1.10. The monoisotopic (exact) mass is 213 g/mol. The number of nitrogens with zero attached hydrogens (tertiary/aromatic N) is 2. The van der Waals surface area contributed by atoms with E-state index in [0.29, 0.717) is 26.2 Å². The standard InChI is InChI=1S/C10H19N3O2/c1-8(6-11)7-13-4-3-12(2)9(14)5-10(13)15/h8H,3-7,11H2,1-2H3. The predicted octanol–water partition coefficient (Wildman–Crippen LogP) is -0.728. The molecule has 0 aromatic heterocycles. The van der Waals surface area contributed by atoms with Gasteiger partial charge in [-0.2, -0.15) is 0 Å². The normalized spacial score (nSPS) is 20.5. The summed E-state index contributed by atoms with van der Waals surface area (Å²) in [7, 11) is 1.73. The van der Waals surface area contributed by atoms with Crippen LogP contribution >= 0.6 is 0 Å². The minimum atomic E-state index is -0.0945. The zero-order valence-electron chi connectivity index (χ0n) is 9.40. The van der Waals surface area contributed by atoms with E-state index in [4.69, 9.17) is 5.73 Å². The van der Waals surface area contributed by atoms with E-state index in [1.165, 1.54) is 0 Å². The second-order valence-corrected chi connectivity index (χ2v) is 4.17. The van der Waals surface area contributed by atoms with Gasteiger partial charge in [0.2, 0.25) is 11.8 Å². The lowest BCUT2D eigenvalue weighted by Crippen LogP contribution is -2.37. The first kappa shape index (κ1) is 12.0. The molecule has 1 atom stereocenters. The number of rotatable bonds is 3. The Morgan fingerprint density at radius 2 is 2.00 bits per heavy atom. The van der Waals surface area contributed by atoms with Crippen LogP contribution in [0.4, 0.5) is 0 Å². The van der Waals surface area contributed by atoms with E-state index >= 15 is 0 Å². The second-order valence-electron chi connectivity index (χ2n) is 4.17.